The van der Waals surface area contributed by atoms with Crippen LogP contribution < -0.4 is 0 Å². The largest absolute Gasteiger partial charge is 0.298 e. The van der Waals surface area contributed by atoms with Crippen LogP contribution in [-0.4, -0.2) is 28.9 Å². The summed E-state index contributed by atoms with van der Waals surface area (Å²) in [6, 6.07) is 0. The lowest BCUT2D eigenvalue weighted by Gasteiger charge is -2.13. The van der Waals surface area contributed by atoms with Crippen LogP contribution in [0.25, 0.3) is 0 Å². The zero-order valence-electron chi connectivity index (χ0n) is 15.4. The number of aryl methyl sites for hydroxylation is 1. The Bertz CT molecular complexity index is 946. The number of halogens is 2. The molecule has 0 N–H and O–H groups in total. The fraction of sp³-hybridized carbons (Fsp3) is 0.429. The molecular formula is C21H20ClFN2O2S. The first-order valence-corrected chi connectivity index (χ1v) is 10.6. The van der Waals surface area contributed by atoms with E-state index in [0.29, 0.717) is 22.8 Å². The van der Waals surface area contributed by atoms with Gasteiger partial charge in [-0.25, -0.2) is 9.37 Å². The number of alkyl halides is 1. The van der Waals surface area contributed by atoms with Gasteiger partial charge in [-0.05, 0) is 25.8 Å². The molecule has 4 rings (SSSR count). The monoisotopic (exact) mass is 418 g/mol. The van der Waals surface area contributed by atoms with Crippen molar-refractivity contribution in [2.24, 2.45) is 10.9 Å². The maximum Gasteiger partial charge on any atom is 0.153 e. The Morgan fingerprint density at radius 1 is 1.29 bits per heavy atom. The van der Waals surface area contributed by atoms with Gasteiger partial charge in [-0.2, -0.15) is 0 Å². The number of carbonyl (C=O) groups excluding carboxylic acids is 2. The summed E-state index contributed by atoms with van der Waals surface area (Å²) in [4.78, 5) is 35.3. The number of hydrogen-bond acceptors (Lipinski definition) is 5. The first kappa shape index (κ1) is 19.4. The highest BCUT2D eigenvalue weighted by Gasteiger charge is 2.44. The molecule has 3 aliphatic rings. The molecule has 0 amide bonds. The summed E-state index contributed by atoms with van der Waals surface area (Å²) in [5, 5.41) is 1.62. The molecule has 1 aliphatic heterocycles. The summed E-state index contributed by atoms with van der Waals surface area (Å²) in [6.07, 6.45) is 9.36. The molecule has 0 aromatic carbocycles. The fourth-order valence-corrected chi connectivity index (χ4v) is 5.09. The summed E-state index contributed by atoms with van der Waals surface area (Å²) in [7, 11) is 0. The lowest BCUT2D eigenvalue weighted by molar-refractivity contribution is -0.124. The molecule has 0 saturated heterocycles. The number of carbonyl (C=O) groups is 2. The van der Waals surface area contributed by atoms with Crippen molar-refractivity contribution in [3.8, 4) is 0 Å². The standard InChI is InChI=1S/C21H20ClFN2O2S/c1-11-19(25-21(28-11)12-2-4-14(22)5-3-12)18-17(26)9-13(20(18)27)8-16-7-6-15(23)10-24-16/h2,4-5,7,10,12-13,15,18H,3,6,8-9H2,1H3. The molecule has 2 heterocycles. The second-order valence-electron chi connectivity index (χ2n) is 7.42. The van der Waals surface area contributed by atoms with E-state index >= 15 is 0 Å². The zero-order chi connectivity index (χ0) is 19.8. The van der Waals surface area contributed by atoms with Crippen molar-refractivity contribution < 1.29 is 14.0 Å². The minimum absolute atomic E-state index is 0.0826. The van der Waals surface area contributed by atoms with Gasteiger partial charge in [0, 0.05) is 46.5 Å². The van der Waals surface area contributed by atoms with Crippen molar-refractivity contribution in [3.63, 3.8) is 0 Å². The lowest BCUT2D eigenvalue weighted by Crippen LogP contribution is -2.17. The molecule has 0 radical (unpaired) electrons. The number of ketones is 2. The van der Waals surface area contributed by atoms with Crippen LogP contribution in [0.4, 0.5) is 4.39 Å². The van der Waals surface area contributed by atoms with Crippen molar-refractivity contribution in [1.82, 2.24) is 4.98 Å². The van der Waals surface area contributed by atoms with Crippen LogP contribution in [0.3, 0.4) is 0 Å². The van der Waals surface area contributed by atoms with E-state index in [4.69, 9.17) is 16.6 Å². The Kier molecular flexibility index (Phi) is 5.43. The predicted molar refractivity (Wildman–Crippen MR) is 109 cm³/mol. The molecule has 1 aromatic heterocycles. The summed E-state index contributed by atoms with van der Waals surface area (Å²) >= 11 is 7.52. The maximum absolute atomic E-state index is 13.2. The SMILES string of the molecule is Cc1sc(C2C=CC(Cl)=CC2)nc1C1C(=O)CC(CC2=CCC(F)C=N2)C1=O. The quantitative estimate of drug-likeness (QED) is 0.650. The third-order valence-corrected chi connectivity index (χ3v) is 6.79. The summed E-state index contributed by atoms with van der Waals surface area (Å²) in [5.41, 5.74) is 1.28. The molecule has 2 aliphatic carbocycles. The van der Waals surface area contributed by atoms with Crippen LogP contribution >= 0.6 is 22.9 Å². The number of hydrogen-bond donors (Lipinski definition) is 0. The van der Waals surface area contributed by atoms with Gasteiger partial charge in [0.2, 0.25) is 0 Å². The molecular weight excluding hydrogens is 399 g/mol. The Morgan fingerprint density at radius 2 is 2.11 bits per heavy atom. The van der Waals surface area contributed by atoms with Crippen LogP contribution in [0.15, 0.2) is 40.0 Å². The Hall–Kier alpha value is -1.92. The van der Waals surface area contributed by atoms with E-state index in [0.717, 1.165) is 16.3 Å². The molecule has 1 fully saturated rings. The second kappa shape index (κ2) is 7.84. The van der Waals surface area contributed by atoms with E-state index in [9.17, 15) is 14.0 Å². The smallest absolute Gasteiger partial charge is 0.153 e. The van der Waals surface area contributed by atoms with Gasteiger partial charge >= 0.3 is 0 Å². The molecule has 4 atom stereocenters. The van der Waals surface area contributed by atoms with Crippen molar-refractivity contribution in [1.29, 1.82) is 0 Å². The van der Waals surface area contributed by atoms with Gasteiger partial charge in [0.05, 0.1) is 5.69 Å². The van der Waals surface area contributed by atoms with Crippen LogP contribution in [0, 0.1) is 12.8 Å². The Labute approximate surface area is 171 Å². The molecule has 0 spiro atoms. The van der Waals surface area contributed by atoms with E-state index in [2.05, 4.69) is 4.99 Å². The first-order chi connectivity index (χ1) is 13.4. The van der Waals surface area contributed by atoms with Gasteiger partial charge in [-0.1, -0.05) is 29.8 Å². The molecule has 1 aromatic rings. The van der Waals surface area contributed by atoms with Gasteiger partial charge in [0.1, 0.15) is 22.9 Å². The van der Waals surface area contributed by atoms with Crippen molar-refractivity contribution in [2.75, 3.05) is 0 Å². The van der Waals surface area contributed by atoms with Crippen LogP contribution in [0.2, 0.25) is 0 Å². The third-order valence-electron chi connectivity index (χ3n) is 5.39. The van der Waals surface area contributed by atoms with Crippen LogP contribution in [-0.2, 0) is 9.59 Å². The summed E-state index contributed by atoms with van der Waals surface area (Å²) in [5.74, 6) is -1.24. The average Bonchev–Trinajstić information content (AvgIpc) is 3.17. The van der Waals surface area contributed by atoms with E-state index in [1.54, 1.807) is 6.08 Å². The Balaban J connectivity index is 1.52. The van der Waals surface area contributed by atoms with E-state index in [1.807, 2.05) is 25.2 Å². The topological polar surface area (TPSA) is 59.4 Å². The van der Waals surface area contributed by atoms with Crippen molar-refractivity contribution >= 4 is 40.7 Å². The molecule has 28 heavy (non-hydrogen) atoms. The fourth-order valence-electron chi connectivity index (χ4n) is 3.88. The highest BCUT2D eigenvalue weighted by Crippen LogP contribution is 2.40. The number of nitrogens with zero attached hydrogens (tertiary/aromatic N) is 2. The predicted octanol–water partition coefficient (Wildman–Crippen LogP) is 4.95. The zero-order valence-corrected chi connectivity index (χ0v) is 17.0. The number of Topliss-reactive ketones (excluding diaryl/α,β-unsaturated/α-hetero) is 2. The van der Waals surface area contributed by atoms with Crippen LogP contribution in [0.5, 0.6) is 0 Å². The molecule has 1 saturated carbocycles. The average molecular weight is 419 g/mol. The normalized spacial score (nSPS) is 30.0. The minimum Gasteiger partial charge on any atom is -0.298 e. The molecule has 4 nitrogen and oxygen atoms in total. The highest BCUT2D eigenvalue weighted by molar-refractivity contribution is 7.11. The Morgan fingerprint density at radius 3 is 2.79 bits per heavy atom. The van der Waals surface area contributed by atoms with Crippen molar-refractivity contribution in [3.05, 3.63) is 50.6 Å². The lowest BCUT2D eigenvalue weighted by atomic mass is 9.95. The van der Waals surface area contributed by atoms with Gasteiger partial charge < -0.3 is 0 Å². The number of thiazole rings is 1. The van der Waals surface area contributed by atoms with Crippen LogP contribution in [0.1, 0.15) is 53.1 Å². The summed E-state index contributed by atoms with van der Waals surface area (Å²) < 4.78 is 13.2. The van der Waals surface area contributed by atoms with Crippen molar-refractivity contribution in [2.45, 2.75) is 50.6 Å². The van der Waals surface area contributed by atoms with E-state index in [1.165, 1.54) is 17.6 Å². The second-order valence-corrected chi connectivity index (χ2v) is 9.09. The van der Waals surface area contributed by atoms with Gasteiger partial charge in [0.25, 0.3) is 0 Å². The third kappa shape index (κ3) is 3.80. The molecule has 4 unspecified atom stereocenters. The minimum atomic E-state index is -1.06. The van der Waals surface area contributed by atoms with Gasteiger partial charge in [-0.3, -0.25) is 14.6 Å². The summed E-state index contributed by atoms with van der Waals surface area (Å²) in [6.45, 7) is 1.91. The highest BCUT2D eigenvalue weighted by atomic mass is 35.5. The number of allylic oxidation sites excluding steroid dienone is 6. The van der Waals surface area contributed by atoms with Gasteiger partial charge in [-0.15, -0.1) is 11.3 Å². The number of rotatable bonds is 4. The number of aromatic nitrogens is 1. The molecule has 7 heteroatoms. The van der Waals surface area contributed by atoms with Gasteiger partial charge in [0.15, 0.2) is 5.78 Å². The van der Waals surface area contributed by atoms with E-state index in [-0.39, 0.29) is 30.3 Å². The molecule has 0 bridgehead atoms. The first-order valence-electron chi connectivity index (χ1n) is 9.37. The molecule has 146 valence electrons. The number of aliphatic imine (C=N–C) groups is 1. The van der Waals surface area contributed by atoms with E-state index < -0.39 is 18.0 Å². The maximum atomic E-state index is 13.2.